The molecule has 3 aliphatic rings. The van der Waals surface area contributed by atoms with E-state index < -0.39 is 17.9 Å². The second-order valence-electron chi connectivity index (χ2n) is 6.19. The van der Waals surface area contributed by atoms with Crippen molar-refractivity contribution in [1.29, 1.82) is 0 Å². The highest BCUT2D eigenvalue weighted by atomic mass is 79.9. The van der Waals surface area contributed by atoms with Crippen LogP contribution >= 0.6 is 15.9 Å². The summed E-state index contributed by atoms with van der Waals surface area (Å²) in [5.74, 6) is 0.302. The van der Waals surface area contributed by atoms with Crippen LogP contribution in [0.5, 0.6) is 0 Å². The number of allylic oxidation sites excluding steroid dienone is 1. The van der Waals surface area contributed by atoms with Gasteiger partial charge in [-0.25, -0.2) is 4.79 Å². The van der Waals surface area contributed by atoms with E-state index in [0.29, 0.717) is 23.1 Å². The van der Waals surface area contributed by atoms with Crippen LogP contribution < -0.4 is 0 Å². The van der Waals surface area contributed by atoms with Crippen molar-refractivity contribution in [3.05, 3.63) is 58.3 Å². The lowest BCUT2D eigenvalue weighted by Crippen LogP contribution is -2.46. The van der Waals surface area contributed by atoms with Crippen LogP contribution in [0, 0.1) is 5.92 Å². The van der Waals surface area contributed by atoms with Gasteiger partial charge in [0.25, 0.3) is 0 Å². The summed E-state index contributed by atoms with van der Waals surface area (Å²) in [7, 11) is 0. The number of ether oxygens (including phenoxy) is 2. The van der Waals surface area contributed by atoms with Gasteiger partial charge in [-0.3, -0.25) is 9.69 Å². The maximum Gasteiger partial charge on any atom is 0.351 e. The second kappa shape index (κ2) is 6.41. The van der Waals surface area contributed by atoms with E-state index in [2.05, 4.69) is 31.1 Å². The van der Waals surface area contributed by atoms with Gasteiger partial charge in [-0.1, -0.05) is 21.1 Å². The van der Waals surface area contributed by atoms with Crippen molar-refractivity contribution in [2.45, 2.75) is 6.54 Å². The number of benzene rings is 1. The summed E-state index contributed by atoms with van der Waals surface area (Å²) in [5.41, 5.74) is 1.08. The van der Waals surface area contributed by atoms with E-state index in [4.69, 9.17) is 14.0 Å². The van der Waals surface area contributed by atoms with E-state index in [1.54, 1.807) is 12.2 Å². The minimum absolute atomic E-state index is 0.0737. The molecule has 1 unspecified atom stereocenters. The molecule has 1 atom stereocenters. The number of hydrogen-bond donors (Lipinski definition) is 0. The minimum atomic E-state index is -0.716. The molecule has 9 nitrogen and oxygen atoms in total. The van der Waals surface area contributed by atoms with Crippen molar-refractivity contribution < 1.29 is 23.6 Å². The van der Waals surface area contributed by atoms with Crippen LogP contribution in [0.4, 0.5) is 4.79 Å². The molecule has 0 bridgehead atoms. The molecule has 0 spiro atoms. The Kier molecular flexibility index (Phi) is 3.86. The topological polar surface area (TPSA) is 107 Å². The van der Waals surface area contributed by atoms with E-state index in [0.717, 1.165) is 14.9 Å². The highest BCUT2D eigenvalue weighted by Crippen LogP contribution is 2.31. The van der Waals surface area contributed by atoms with Gasteiger partial charge in [0.2, 0.25) is 24.4 Å². The standard InChI is InChI=1S/C18H11BrN4O5/c19-10-3-1-9(2-4-10)16-21-15(28-22-16)7-23-17(24)11-5-13-14(27-8-26-13)6-12(11)20-18(23)25/h1-6,11H,7-8H2. The molecule has 3 amide bonds. The van der Waals surface area contributed by atoms with Crippen molar-refractivity contribution in [3.63, 3.8) is 0 Å². The normalized spacial score (nSPS) is 20.5. The summed E-state index contributed by atoms with van der Waals surface area (Å²) in [6, 6.07) is 6.67. The van der Waals surface area contributed by atoms with Crippen molar-refractivity contribution >= 4 is 33.6 Å². The number of rotatable bonds is 3. The molecule has 28 heavy (non-hydrogen) atoms. The SMILES string of the molecule is O=C1N=C2C=C3OCOC3=CC2C(=O)N1Cc1nc(-c2ccc(Br)cc2)no1. The van der Waals surface area contributed by atoms with Gasteiger partial charge in [-0.15, -0.1) is 0 Å². The van der Waals surface area contributed by atoms with Gasteiger partial charge in [-0.05, 0) is 30.3 Å². The van der Waals surface area contributed by atoms with E-state index in [9.17, 15) is 9.59 Å². The average Bonchev–Trinajstić information content (AvgIpc) is 3.33. The van der Waals surface area contributed by atoms with Gasteiger partial charge in [0.15, 0.2) is 11.5 Å². The smallest absolute Gasteiger partial charge is 0.351 e. The Bertz CT molecular complexity index is 1090. The lowest BCUT2D eigenvalue weighted by atomic mass is 9.94. The highest BCUT2D eigenvalue weighted by Gasteiger charge is 2.40. The van der Waals surface area contributed by atoms with Crippen LogP contribution in [0.25, 0.3) is 11.4 Å². The maximum atomic E-state index is 12.8. The summed E-state index contributed by atoms with van der Waals surface area (Å²) in [6.45, 7) is -0.0874. The first-order chi connectivity index (χ1) is 13.6. The Morgan fingerprint density at radius 2 is 1.93 bits per heavy atom. The molecule has 0 saturated carbocycles. The number of imide groups is 1. The molecule has 140 valence electrons. The minimum Gasteiger partial charge on any atom is -0.454 e. The fourth-order valence-corrected chi connectivity index (χ4v) is 3.32. The number of nitrogens with zero attached hydrogens (tertiary/aromatic N) is 4. The molecule has 0 radical (unpaired) electrons. The molecule has 5 rings (SSSR count). The molecule has 0 N–H and O–H groups in total. The molecule has 10 heteroatoms. The van der Waals surface area contributed by atoms with Gasteiger partial charge in [0, 0.05) is 16.1 Å². The summed E-state index contributed by atoms with van der Waals surface area (Å²) in [5, 5.41) is 3.91. The number of fused-ring (bicyclic) bond motifs is 2. The monoisotopic (exact) mass is 442 g/mol. The first kappa shape index (κ1) is 16.9. The fraction of sp³-hybridized carbons (Fsp3) is 0.167. The van der Waals surface area contributed by atoms with E-state index >= 15 is 0 Å². The summed E-state index contributed by atoms with van der Waals surface area (Å²) < 4.78 is 16.7. The van der Waals surface area contributed by atoms with Crippen LogP contribution in [0.3, 0.4) is 0 Å². The zero-order chi connectivity index (χ0) is 19.3. The molecule has 1 fully saturated rings. The predicted octanol–water partition coefficient (Wildman–Crippen LogP) is 2.80. The molecule has 1 aromatic carbocycles. The Morgan fingerprint density at radius 3 is 2.75 bits per heavy atom. The number of carbonyl (C=O) groups excluding carboxylic acids is 2. The third-order valence-corrected chi connectivity index (χ3v) is 4.97. The third-order valence-electron chi connectivity index (χ3n) is 4.44. The molecule has 1 saturated heterocycles. The first-order valence-electron chi connectivity index (χ1n) is 8.30. The van der Waals surface area contributed by atoms with Gasteiger partial charge in [-0.2, -0.15) is 9.98 Å². The molecule has 2 aromatic rings. The van der Waals surface area contributed by atoms with Gasteiger partial charge in [0.1, 0.15) is 12.5 Å². The highest BCUT2D eigenvalue weighted by molar-refractivity contribution is 9.10. The van der Waals surface area contributed by atoms with Crippen molar-refractivity contribution in [2.75, 3.05) is 6.79 Å². The molecular formula is C18H11BrN4O5. The van der Waals surface area contributed by atoms with Crippen LogP contribution in [-0.4, -0.2) is 39.5 Å². The van der Waals surface area contributed by atoms with E-state index in [1.807, 2.05) is 24.3 Å². The number of amides is 3. The molecular weight excluding hydrogens is 432 g/mol. The number of carbonyl (C=O) groups is 2. The molecule has 1 aromatic heterocycles. The van der Waals surface area contributed by atoms with Crippen LogP contribution in [0.1, 0.15) is 5.89 Å². The quantitative estimate of drug-likeness (QED) is 0.718. The van der Waals surface area contributed by atoms with Gasteiger partial charge < -0.3 is 14.0 Å². The zero-order valence-electron chi connectivity index (χ0n) is 14.2. The Labute approximate surface area is 166 Å². The number of aromatic nitrogens is 2. The molecule has 2 aliphatic heterocycles. The Hall–Kier alpha value is -3.27. The number of urea groups is 1. The van der Waals surface area contributed by atoms with Crippen LogP contribution in [-0.2, 0) is 20.8 Å². The number of hydrogen-bond acceptors (Lipinski definition) is 7. The summed E-state index contributed by atoms with van der Waals surface area (Å²) >= 11 is 3.36. The van der Waals surface area contributed by atoms with Crippen molar-refractivity contribution in [2.24, 2.45) is 10.9 Å². The number of halogens is 1. The van der Waals surface area contributed by atoms with Crippen molar-refractivity contribution in [1.82, 2.24) is 15.0 Å². The zero-order valence-corrected chi connectivity index (χ0v) is 15.7. The van der Waals surface area contributed by atoms with Crippen LogP contribution in [0.2, 0.25) is 0 Å². The fourth-order valence-electron chi connectivity index (χ4n) is 3.05. The lowest BCUT2D eigenvalue weighted by Gasteiger charge is -2.27. The molecule has 3 heterocycles. The van der Waals surface area contributed by atoms with E-state index in [-0.39, 0.29) is 19.2 Å². The maximum absolute atomic E-state index is 12.8. The van der Waals surface area contributed by atoms with Gasteiger partial charge in [0.05, 0.1) is 5.71 Å². The molecule has 1 aliphatic carbocycles. The average molecular weight is 443 g/mol. The van der Waals surface area contributed by atoms with E-state index in [1.165, 1.54) is 0 Å². The third kappa shape index (κ3) is 2.82. The summed E-state index contributed by atoms with van der Waals surface area (Å²) in [6.07, 6.45) is 3.16. The summed E-state index contributed by atoms with van der Waals surface area (Å²) in [4.78, 5) is 34.5. The second-order valence-corrected chi connectivity index (χ2v) is 7.10. The largest absolute Gasteiger partial charge is 0.454 e. The predicted molar refractivity (Wildman–Crippen MR) is 97.5 cm³/mol. The Morgan fingerprint density at radius 1 is 1.14 bits per heavy atom. The number of aliphatic imine (C=N–C) groups is 1. The first-order valence-corrected chi connectivity index (χ1v) is 9.10. The van der Waals surface area contributed by atoms with Crippen LogP contribution in [0.15, 0.2) is 61.9 Å². The lowest BCUT2D eigenvalue weighted by molar-refractivity contribution is -0.130. The van der Waals surface area contributed by atoms with Gasteiger partial charge >= 0.3 is 6.03 Å². The van der Waals surface area contributed by atoms with Crippen molar-refractivity contribution in [3.8, 4) is 11.4 Å². The Balaban J connectivity index is 1.39.